The van der Waals surface area contributed by atoms with Crippen LogP contribution in [-0.2, 0) is 14.3 Å². The van der Waals surface area contributed by atoms with Crippen LogP contribution in [0.1, 0.15) is 39.5 Å². The van der Waals surface area contributed by atoms with E-state index >= 15 is 0 Å². The number of fused-ring (bicyclic) bond motifs is 2. The summed E-state index contributed by atoms with van der Waals surface area (Å²) in [5.41, 5.74) is -0.289. The average Bonchev–Trinajstić information content (AvgIpc) is 2.27. The molecule has 0 unspecified atom stereocenters. The number of hydrogen-bond donors (Lipinski definition) is 1. The molecule has 0 saturated carbocycles. The standard InChI is InChI=1S/C12H18O4/c1-7-9-4-6-11(2)5-3-8(10(13)15-9)12(7,14)16-11/h7-9,14H,3-6H2,1-2H3/t7-,8+,9+,11-,12-/m1/s1. The smallest absolute Gasteiger partial charge is 0.314 e. The summed E-state index contributed by atoms with van der Waals surface area (Å²) in [5, 5.41) is 10.7. The fraction of sp³-hybridized carbons (Fsp3) is 0.917. The molecule has 3 aliphatic heterocycles. The third-order valence-electron chi connectivity index (χ3n) is 4.59. The highest BCUT2D eigenvalue weighted by Gasteiger charge is 2.62. The highest BCUT2D eigenvalue weighted by Crippen LogP contribution is 2.51. The molecule has 3 saturated heterocycles. The van der Waals surface area contributed by atoms with Gasteiger partial charge in [-0.05, 0) is 32.6 Å². The van der Waals surface area contributed by atoms with Crippen molar-refractivity contribution in [2.24, 2.45) is 11.8 Å². The minimum absolute atomic E-state index is 0.127. The molecular formula is C12H18O4. The van der Waals surface area contributed by atoms with Crippen molar-refractivity contribution in [3.05, 3.63) is 0 Å². The first-order valence-electron chi connectivity index (χ1n) is 6.08. The van der Waals surface area contributed by atoms with Crippen molar-refractivity contribution < 1.29 is 19.4 Å². The molecule has 0 aromatic carbocycles. The van der Waals surface area contributed by atoms with Crippen LogP contribution in [0.3, 0.4) is 0 Å². The molecule has 4 nitrogen and oxygen atoms in total. The van der Waals surface area contributed by atoms with Crippen LogP contribution < -0.4 is 0 Å². The van der Waals surface area contributed by atoms with Crippen LogP contribution >= 0.6 is 0 Å². The lowest BCUT2D eigenvalue weighted by molar-refractivity contribution is -0.343. The highest BCUT2D eigenvalue weighted by molar-refractivity contribution is 5.75. The molecule has 0 radical (unpaired) electrons. The molecule has 16 heavy (non-hydrogen) atoms. The molecule has 0 aliphatic carbocycles. The number of aliphatic hydroxyl groups is 1. The Hall–Kier alpha value is -0.610. The Morgan fingerprint density at radius 1 is 1.38 bits per heavy atom. The molecule has 0 amide bonds. The molecule has 0 aromatic heterocycles. The van der Waals surface area contributed by atoms with Gasteiger partial charge in [-0.25, -0.2) is 0 Å². The summed E-state index contributed by atoms with van der Waals surface area (Å²) in [7, 11) is 0. The van der Waals surface area contributed by atoms with Crippen molar-refractivity contribution >= 4 is 5.97 Å². The first kappa shape index (κ1) is 10.5. The topological polar surface area (TPSA) is 55.8 Å². The Morgan fingerprint density at radius 3 is 2.81 bits per heavy atom. The van der Waals surface area contributed by atoms with E-state index in [1.54, 1.807) is 0 Å². The van der Waals surface area contributed by atoms with Crippen LogP contribution in [-0.4, -0.2) is 28.6 Å². The summed E-state index contributed by atoms with van der Waals surface area (Å²) >= 11 is 0. The van der Waals surface area contributed by atoms with E-state index in [-0.39, 0.29) is 23.6 Å². The molecule has 4 heteroatoms. The Balaban J connectivity index is 2.08. The second kappa shape index (κ2) is 2.99. The van der Waals surface area contributed by atoms with E-state index in [2.05, 4.69) is 0 Å². The predicted octanol–water partition coefficient (Wildman–Crippen LogP) is 1.22. The quantitative estimate of drug-likeness (QED) is 0.631. The molecule has 3 bridgehead atoms. The maximum atomic E-state index is 11.8. The molecule has 3 aliphatic rings. The summed E-state index contributed by atoms with van der Waals surface area (Å²) in [6, 6.07) is 0. The van der Waals surface area contributed by atoms with Crippen LogP contribution in [0, 0.1) is 11.8 Å². The molecule has 0 aromatic rings. The van der Waals surface area contributed by atoms with Crippen LogP contribution in [0.25, 0.3) is 0 Å². The van der Waals surface area contributed by atoms with Gasteiger partial charge in [0.2, 0.25) is 0 Å². The molecule has 3 fully saturated rings. The second-order valence-corrected chi connectivity index (χ2v) is 5.70. The first-order chi connectivity index (χ1) is 7.45. The van der Waals surface area contributed by atoms with Crippen molar-refractivity contribution in [3.8, 4) is 0 Å². The van der Waals surface area contributed by atoms with Gasteiger partial charge in [0.25, 0.3) is 0 Å². The third kappa shape index (κ3) is 1.20. The summed E-state index contributed by atoms with van der Waals surface area (Å²) in [4.78, 5) is 11.8. The van der Waals surface area contributed by atoms with Crippen LogP contribution in [0.5, 0.6) is 0 Å². The summed E-state index contributed by atoms with van der Waals surface area (Å²) < 4.78 is 11.3. The Kier molecular flexibility index (Phi) is 1.97. The van der Waals surface area contributed by atoms with E-state index in [1.807, 2.05) is 13.8 Å². The number of hydrogen-bond acceptors (Lipinski definition) is 4. The average molecular weight is 226 g/mol. The molecule has 3 rings (SSSR count). The zero-order valence-electron chi connectivity index (χ0n) is 9.73. The van der Waals surface area contributed by atoms with Crippen LogP contribution in [0.15, 0.2) is 0 Å². The van der Waals surface area contributed by atoms with E-state index in [9.17, 15) is 9.90 Å². The van der Waals surface area contributed by atoms with Gasteiger partial charge >= 0.3 is 5.97 Å². The van der Waals surface area contributed by atoms with Gasteiger partial charge in [-0.15, -0.1) is 0 Å². The van der Waals surface area contributed by atoms with E-state index in [1.165, 1.54) is 0 Å². The summed E-state index contributed by atoms with van der Waals surface area (Å²) in [5.74, 6) is -2.21. The minimum atomic E-state index is -1.30. The van der Waals surface area contributed by atoms with Crippen molar-refractivity contribution in [2.45, 2.75) is 57.0 Å². The molecule has 1 N–H and O–H groups in total. The van der Waals surface area contributed by atoms with Crippen molar-refractivity contribution in [3.63, 3.8) is 0 Å². The summed E-state index contributed by atoms with van der Waals surface area (Å²) in [6.07, 6.45) is 2.95. The lowest BCUT2D eigenvalue weighted by Crippen LogP contribution is -2.62. The monoisotopic (exact) mass is 226 g/mol. The van der Waals surface area contributed by atoms with E-state index in [4.69, 9.17) is 9.47 Å². The lowest BCUT2D eigenvalue weighted by atomic mass is 9.77. The van der Waals surface area contributed by atoms with Crippen molar-refractivity contribution in [1.29, 1.82) is 0 Å². The fourth-order valence-electron chi connectivity index (χ4n) is 3.40. The van der Waals surface area contributed by atoms with Gasteiger partial charge in [-0.3, -0.25) is 4.79 Å². The number of carbonyl (C=O) groups is 1. The Bertz CT molecular complexity index is 342. The van der Waals surface area contributed by atoms with Gasteiger partial charge in [0, 0.05) is 5.92 Å². The van der Waals surface area contributed by atoms with Crippen molar-refractivity contribution in [1.82, 2.24) is 0 Å². The van der Waals surface area contributed by atoms with E-state index in [0.717, 1.165) is 19.3 Å². The molecule has 5 atom stereocenters. The molecule has 0 spiro atoms. The fourth-order valence-corrected chi connectivity index (χ4v) is 3.40. The van der Waals surface area contributed by atoms with E-state index in [0.29, 0.717) is 6.42 Å². The van der Waals surface area contributed by atoms with Gasteiger partial charge in [0.1, 0.15) is 12.0 Å². The normalized spacial score (nSPS) is 55.7. The lowest BCUT2D eigenvalue weighted by Gasteiger charge is -2.50. The number of ether oxygens (including phenoxy) is 2. The first-order valence-corrected chi connectivity index (χ1v) is 6.08. The van der Waals surface area contributed by atoms with Gasteiger partial charge in [-0.1, -0.05) is 6.92 Å². The molecular weight excluding hydrogens is 208 g/mol. The largest absolute Gasteiger partial charge is 0.462 e. The number of carbonyl (C=O) groups excluding carboxylic acids is 1. The number of rotatable bonds is 0. The van der Waals surface area contributed by atoms with Crippen LogP contribution in [0.2, 0.25) is 0 Å². The predicted molar refractivity (Wildman–Crippen MR) is 55.4 cm³/mol. The van der Waals surface area contributed by atoms with E-state index < -0.39 is 11.7 Å². The second-order valence-electron chi connectivity index (χ2n) is 5.70. The Labute approximate surface area is 94.9 Å². The molecule has 3 heterocycles. The maximum absolute atomic E-state index is 11.8. The highest BCUT2D eigenvalue weighted by atomic mass is 16.7. The maximum Gasteiger partial charge on any atom is 0.314 e. The van der Waals surface area contributed by atoms with Gasteiger partial charge in [-0.2, -0.15) is 0 Å². The van der Waals surface area contributed by atoms with Gasteiger partial charge < -0.3 is 14.6 Å². The minimum Gasteiger partial charge on any atom is -0.462 e. The van der Waals surface area contributed by atoms with Gasteiger partial charge in [0.05, 0.1) is 5.60 Å². The summed E-state index contributed by atoms with van der Waals surface area (Å²) in [6.45, 7) is 3.94. The number of esters is 1. The van der Waals surface area contributed by atoms with Gasteiger partial charge in [0.15, 0.2) is 5.79 Å². The van der Waals surface area contributed by atoms with Crippen molar-refractivity contribution in [2.75, 3.05) is 0 Å². The SMILES string of the molecule is C[C@@H]1[C@@H]2CC[C@@]3(C)CC[C@@H](C(=O)O2)[C@]1(O)O3. The molecule has 90 valence electrons. The van der Waals surface area contributed by atoms with Crippen LogP contribution in [0.4, 0.5) is 0 Å². The zero-order valence-corrected chi connectivity index (χ0v) is 9.73. The third-order valence-corrected chi connectivity index (χ3v) is 4.59. The zero-order chi connectivity index (χ0) is 11.6. The Morgan fingerprint density at radius 2 is 2.06 bits per heavy atom.